The molecule has 0 fully saturated rings. The molecule has 0 saturated heterocycles. The van der Waals surface area contributed by atoms with E-state index in [1.807, 2.05) is 12.1 Å². The van der Waals surface area contributed by atoms with Gasteiger partial charge in [-0.15, -0.1) is 0 Å². The fraction of sp³-hybridized carbons (Fsp3) is 0.318. The molecule has 1 unspecified atom stereocenters. The van der Waals surface area contributed by atoms with E-state index in [0.29, 0.717) is 16.5 Å². The van der Waals surface area contributed by atoms with Crippen LogP contribution in [0.3, 0.4) is 0 Å². The highest BCUT2D eigenvalue weighted by atomic mass is 35.5. The third kappa shape index (κ3) is 7.08. The molecule has 2 rings (SSSR count). The lowest BCUT2D eigenvalue weighted by atomic mass is 10.2. The highest BCUT2D eigenvalue weighted by Crippen LogP contribution is 2.23. The first-order chi connectivity index (χ1) is 14.3. The number of carbonyl (C=O) groups excluding carboxylic acids is 3. The van der Waals surface area contributed by atoms with Gasteiger partial charge in [-0.2, -0.15) is 0 Å². The summed E-state index contributed by atoms with van der Waals surface area (Å²) in [5.41, 5.74) is 7.11. The summed E-state index contributed by atoms with van der Waals surface area (Å²) in [4.78, 5) is 36.0. The van der Waals surface area contributed by atoms with Crippen molar-refractivity contribution >= 4 is 35.0 Å². The van der Waals surface area contributed by atoms with Crippen LogP contribution in [-0.4, -0.2) is 23.8 Å². The van der Waals surface area contributed by atoms with Gasteiger partial charge in [0.05, 0.1) is 0 Å². The highest BCUT2D eigenvalue weighted by Gasteiger charge is 2.16. The summed E-state index contributed by atoms with van der Waals surface area (Å²) in [5, 5.41) is 3.26. The van der Waals surface area contributed by atoms with E-state index >= 15 is 0 Å². The van der Waals surface area contributed by atoms with Gasteiger partial charge >= 0.3 is 0 Å². The second kappa shape index (κ2) is 11.2. The lowest BCUT2D eigenvalue weighted by Gasteiger charge is -2.15. The maximum Gasteiger partial charge on any atom is 0.279 e. The predicted octanol–water partition coefficient (Wildman–Crippen LogP) is 3.54. The zero-order chi connectivity index (χ0) is 22.1. The van der Waals surface area contributed by atoms with Gasteiger partial charge in [0.1, 0.15) is 5.75 Å². The summed E-state index contributed by atoms with van der Waals surface area (Å²) in [6, 6.07) is 12.6. The summed E-state index contributed by atoms with van der Waals surface area (Å²) < 4.78 is 5.56. The van der Waals surface area contributed by atoms with Crippen LogP contribution in [0.15, 0.2) is 42.5 Å². The molecular weight excluding hydrogens is 406 g/mol. The molecule has 0 radical (unpaired) electrons. The zero-order valence-electron chi connectivity index (χ0n) is 17.3. The number of hydrogen-bond donors (Lipinski definition) is 3. The number of ether oxygens (including phenoxy) is 1. The molecule has 0 saturated carbocycles. The number of rotatable bonds is 8. The Kier molecular flexibility index (Phi) is 8.68. The molecule has 2 aromatic carbocycles. The van der Waals surface area contributed by atoms with Crippen LogP contribution in [0.25, 0.3) is 0 Å². The number of nitrogens with one attached hydrogen (secondary N) is 3. The van der Waals surface area contributed by atoms with Crippen molar-refractivity contribution < 1.29 is 19.1 Å². The van der Waals surface area contributed by atoms with Gasteiger partial charge in [0, 0.05) is 23.6 Å². The minimum absolute atomic E-state index is 0.0382. The number of benzene rings is 2. The summed E-state index contributed by atoms with van der Waals surface area (Å²) in [7, 11) is 0. The third-order valence-electron chi connectivity index (χ3n) is 4.46. The number of carbonyl (C=O) groups is 3. The van der Waals surface area contributed by atoms with E-state index in [-0.39, 0.29) is 18.7 Å². The Morgan fingerprint density at radius 2 is 1.67 bits per heavy atom. The first-order valence-corrected chi connectivity index (χ1v) is 10.1. The highest BCUT2D eigenvalue weighted by molar-refractivity contribution is 6.31. The Morgan fingerprint density at radius 1 is 1.00 bits per heavy atom. The average molecular weight is 432 g/mol. The molecule has 0 aliphatic rings. The van der Waals surface area contributed by atoms with Crippen molar-refractivity contribution in [2.45, 2.75) is 46.1 Å². The number of halogens is 1. The second-order valence-corrected chi connectivity index (χ2v) is 7.16. The summed E-state index contributed by atoms with van der Waals surface area (Å²) in [5.74, 6) is -0.744. The van der Waals surface area contributed by atoms with Crippen molar-refractivity contribution in [1.82, 2.24) is 10.9 Å². The summed E-state index contributed by atoms with van der Waals surface area (Å²) >= 11 is 6.02. The largest absolute Gasteiger partial charge is 0.481 e. The molecule has 0 spiro atoms. The van der Waals surface area contributed by atoms with Gasteiger partial charge in [0.2, 0.25) is 11.8 Å². The van der Waals surface area contributed by atoms with Crippen molar-refractivity contribution in [3.63, 3.8) is 0 Å². The van der Waals surface area contributed by atoms with Gasteiger partial charge in [-0.3, -0.25) is 25.2 Å². The predicted molar refractivity (Wildman–Crippen MR) is 116 cm³/mol. The molecule has 2 aromatic rings. The molecule has 7 nitrogen and oxygen atoms in total. The molecule has 0 aromatic heterocycles. The van der Waals surface area contributed by atoms with Crippen molar-refractivity contribution in [1.29, 1.82) is 0 Å². The molecular formula is C22H26ClN3O4. The minimum Gasteiger partial charge on any atom is -0.481 e. The van der Waals surface area contributed by atoms with E-state index in [0.717, 1.165) is 12.0 Å². The molecule has 3 N–H and O–H groups in total. The van der Waals surface area contributed by atoms with Crippen LogP contribution < -0.4 is 20.9 Å². The number of amides is 3. The summed E-state index contributed by atoms with van der Waals surface area (Å²) in [6.45, 7) is 5.42. The van der Waals surface area contributed by atoms with Crippen LogP contribution in [0.1, 0.15) is 37.8 Å². The SMILES string of the molecule is CCc1ccc(OC(C)C(=O)NNC(=O)CCC(=O)Nc2cccc(Cl)c2C)cc1. The van der Waals surface area contributed by atoms with Crippen LogP contribution >= 0.6 is 11.6 Å². The zero-order valence-corrected chi connectivity index (χ0v) is 18.0. The van der Waals surface area contributed by atoms with E-state index in [1.165, 1.54) is 5.56 Å². The Bertz CT molecular complexity index is 900. The fourth-order valence-electron chi connectivity index (χ4n) is 2.54. The number of hydrazine groups is 1. The molecule has 0 bridgehead atoms. The second-order valence-electron chi connectivity index (χ2n) is 6.76. The lowest BCUT2D eigenvalue weighted by Crippen LogP contribution is -2.47. The minimum atomic E-state index is -0.799. The van der Waals surface area contributed by atoms with E-state index in [1.54, 1.807) is 44.2 Å². The Hall–Kier alpha value is -3.06. The third-order valence-corrected chi connectivity index (χ3v) is 4.87. The van der Waals surface area contributed by atoms with E-state index in [2.05, 4.69) is 23.1 Å². The maximum absolute atomic E-state index is 12.1. The molecule has 8 heteroatoms. The molecule has 160 valence electrons. The Balaban J connectivity index is 1.71. The number of aryl methyl sites for hydroxylation is 1. The van der Waals surface area contributed by atoms with E-state index in [9.17, 15) is 14.4 Å². The number of hydrogen-bond acceptors (Lipinski definition) is 4. The molecule has 30 heavy (non-hydrogen) atoms. The lowest BCUT2D eigenvalue weighted by molar-refractivity contribution is -0.133. The van der Waals surface area contributed by atoms with Gasteiger partial charge in [0.15, 0.2) is 6.10 Å². The van der Waals surface area contributed by atoms with Crippen LogP contribution in [0.2, 0.25) is 5.02 Å². The standard InChI is InChI=1S/C22H26ClN3O4/c1-4-16-8-10-17(11-9-16)30-15(3)22(29)26-25-21(28)13-12-20(27)24-19-7-5-6-18(23)14(19)2/h5-11,15H,4,12-13H2,1-3H3,(H,24,27)(H,25,28)(H,26,29). The van der Waals surface area contributed by atoms with Gasteiger partial charge < -0.3 is 10.1 Å². The maximum atomic E-state index is 12.1. The molecule has 0 heterocycles. The number of anilines is 1. The van der Waals surface area contributed by atoms with Gasteiger partial charge in [-0.25, -0.2) is 0 Å². The first kappa shape index (κ1) is 23.2. The summed E-state index contributed by atoms with van der Waals surface area (Å²) in [6.07, 6.45) is -0.00553. The van der Waals surface area contributed by atoms with Crippen molar-refractivity contribution in [2.75, 3.05) is 5.32 Å². The molecule has 0 aliphatic carbocycles. The molecule has 0 aliphatic heterocycles. The quantitative estimate of drug-likeness (QED) is 0.557. The first-order valence-electron chi connectivity index (χ1n) is 9.69. The average Bonchev–Trinajstić information content (AvgIpc) is 2.74. The van der Waals surface area contributed by atoms with Crippen LogP contribution in [0.4, 0.5) is 5.69 Å². The fourth-order valence-corrected chi connectivity index (χ4v) is 2.71. The van der Waals surface area contributed by atoms with Crippen LogP contribution in [0.5, 0.6) is 5.75 Å². The topological polar surface area (TPSA) is 96.5 Å². The Morgan fingerprint density at radius 3 is 2.33 bits per heavy atom. The monoisotopic (exact) mass is 431 g/mol. The van der Waals surface area contributed by atoms with Crippen molar-refractivity contribution in [2.24, 2.45) is 0 Å². The van der Waals surface area contributed by atoms with Gasteiger partial charge in [0.25, 0.3) is 5.91 Å². The van der Waals surface area contributed by atoms with Gasteiger partial charge in [-0.05, 0) is 55.7 Å². The van der Waals surface area contributed by atoms with E-state index in [4.69, 9.17) is 16.3 Å². The van der Waals surface area contributed by atoms with Crippen molar-refractivity contribution in [3.8, 4) is 5.75 Å². The van der Waals surface area contributed by atoms with E-state index < -0.39 is 17.9 Å². The molecule has 3 amide bonds. The van der Waals surface area contributed by atoms with Crippen LogP contribution in [0, 0.1) is 6.92 Å². The molecule has 1 atom stereocenters. The normalized spacial score (nSPS) is 11.3. The smallest absolute Gasteiger partial charge is 0.279 e. The van der Waals surface area contributed by atoms with Crippen molar-refractivity contribution in [3.05, 3.63) is 58.6 Å². The Labute approximate surface area is 181 Å². The van der Waals surface area contributed by atoms with Gasteiger partial charge in [-0.1, -0.05) is 36.7 Å². The van der Waals surface area contributed by atoms with Crippen LogP contribution in [-0.2, 0) is 20.8 Å².